The minimum Gasteiger partial charge on any atom is -0.497 e. The van der Waals surface area contributed by atoms with Crippen molar-refractivity contribution < 1.29 is 19.4 Å². The number of carbonyl (C=O) groups excluding carboxylic acids is 1. The molecule has 1 aliphatic heterocycles. The molecular formula is C21H31N5O4. The van der Waals surface area contributed by atoms with Crippen molar-refractivity contribution >= 4 is 6.03 Å². The third-order valence-corrected chi connectivity index (χ3v) is 5.14. The number of nitrogens with zero attached hydrogens (tertiary/aromatic N) is 3. The van der Waals surface area contributed by atoms with Crippen molar-refractivity contribution in [2.45, 2.75) is 63.9 Å². The predicted octanol–water partition coefficient (Wildman–Crippen LogP) is 1.96. The number of aliphatic hydroxyl groups excluding tert-OH is 1. The van der Waals surface area contributed by atoms with Gasteiger partial charge in [-0.05, 0) is 57.4 Å². The first-order valence-electron chi connectivity index (χ1n) is 10.4. The third-order valence-electron chi connectivity index (χ3n) is 5.14. The number of aryl methyl sites for hydroxylation is 1. The smallest absolute Gasteiger partial charge is 0.315 e. The van der Waals surface area contributed by atoms with Gasteiger partial charge in [0.05, 0.1) is 32.1 Å². The van der Waals surface area contributed by atoms with Crippen molar-refractivity contribution in [3.63, 3.8) is 0 Å². The molecule has 3 N–H and O–H groups in total. The van der Waals surface area contributed by atoms with Gasteiger partial charge in [-0.1, -0.05) is 5.21 Å². The Balaban J connectivity index is 1.49. The summed E-state index contributed by atoms with van der Waals surface area (Å²) < 4.78 is 13.0. The molecular weight excluding hydrogens is 386 g/mol. The van der Waals surface area contributed by atoms with Crippen LogP contribution in [0.4, 0.5) is 4.79 Å². The van der Waals surface area contributed by atoms with E-state index in [1.807, 2.05) is 44.3 Å². The standard InChI is InChI=1S/C21H31N5O4/c1-14(2)22-21(28)23-18-9-8-17(30-20(18)13-27)10-11-26-12-19(24-25-26)15-4-6-16(29-3)7-5-15/h4-7,12,14,17-18,20,27H,8-11,13H2,1-3H3,(H2,22,23,28)/t17-,18+,20+/m1/s1. The number of hydrogen-bond donors (Lipinski definition) is 3. The second-order valence-electron chi connectivity index (χ2n) is 7.82. The van der Waals surface area contributed by atoms with Crippen molar-refractivity contribution in [3.05, 3.63) is 30.5 Å². The van der Waals surface area contributed by atoms with Crippen LogP contribution in [0.2, 0.25) is 0 Å². The number of amides is 2. The summed E-state index contributed by atoms with van der Waals surface area (Å²) in [7, 11) is 1.64. The Morgan fingerprint density at radius 3 is 2.77 bits per heavy atom. The maximum Gasteiger partial charge on any atom is 0.315 e. The molecule has 3 atom stereocenters. The molecule has 3 rings (SSSR count). The zero-order valence-corrected chi connectivity index (χ0v) is 17.7. The number of ether oxygens (including phenoxy) is 2. The van der Waals surface area contributed by atoms with Gasteiger partial charge in [-0.3, -0.25) is 4.68 Å². The number of urea groups is 1. The molecule has 0 unspecified atom stereocenters. The molecule has 0 radical (unpaired) electrons. The van der Waals surface area contributed by atoms with Crippen LogP contribution in [0, 0.1) is 0 Å². The van der Waals surface area contributed by atoms with Crippen LogP contribution in [0.15, 0.2) is 30.5 Å². The van der Waals surface area contributed by atoms with Crippen LogP contribution in [0.3, 0.4) is 0 Å². The number of aliphatic hydroxyl groups is 1. The second kappa shape index (κ2) is 10.4. The van der Waals surface area contributed by atoms with Crippen LogP contribution in [0.25, 0.3) is 11.3 Å². The fourth-order valence-corrected chi connectivity index (χ4v) is 3.56. The zero-order chi connectivity index (χ0) is 21.5. The largest absolute Gasteiger partial charge is 0.497 e. The van der Waals surface area contributed by atoms with E-state index in [0.29, 0.717) is 6.54 Å². The minimum atomic E-state index is -0.410. The van der Waals surface area contributed by atoms with Crippen LogP contribution < -0.4 is 15.4 Å². The van der Waals surface area contributed by atoms with Gasteiger partial charge in [0.15, 0.2) is 0 Å². The summed E-state index contributed by atoms with van der Waals surface area (Å²) in [5.41, 5.74) is 1.78. The lowest BCUT2D eigenvalue weighted by Crippen LogP contribution is -2.54. The summed E-state index contributed by atoms with van der Waals surface area (Å²) in [6.45, 7) is 4.34. The quantitative estimate of drug-likeness (QED) is 0.606. The number of rotatable bonds is 8. The molecule has 164 valence electrons. The Bertz CT molecular complexity index is 808. The highest BCUT2D eigenvalue weighted by molar-refractivity contribution is 5.74. The third kappa shape index (κ3) is 5.93. The van der Waals surface area contributed by atoms with Crippen molar-refractivity contribution in [2.75, 3.05) is 13.7 Å². The molecule has 2 amide bonds. The maximum absolute atomic E-state index is 11.9. The Morgan fingerprint density at radius 1 is 1.33 bits per heavy atom. The van der Waals surface area contributed by atoms with E-state index in [-0.39, 0.29) is 30.8 Å². The second-order valence-corrected chi connectivity index (χ2v) is 7.82. The summed E-state index contributed by atoms with van der Waals surface area (Å²) in [5, 5.41) is 23.8. The molecule has 0 saturated carbocycles. The average Bonchev–Trinajstić information content (AvgIpc) is 3.21. The Kier molecular flexibility index (Phi) is 7.64. The molecule has 1 fully saturated rings. The normalized spacial score (nSPS) is 21.4. The van der Waals surface area contributed by atoms with Crippen molar-refractivity contribution in [1.29, 1.82) is 0 Å². The van der Waals surface area contributed by atoms with Gasteiger partial charge in [0.25, 0.3) is 0 Å². The van der Waals surface area contributed by atoms with Crippen LogP contribution in [0.1, 0.15) is 33.1 Å². The first kappa shape index (κ1) is 22.0. The van der Waals surface area contributed by atoms with E-state index in [1.165, 1.54) is 0 Å². The fourth-order valence-electron chi connectivity index (χ4n) is 3.56. The number of carbonyl (C=O) groups is 1. The molecule has 9 heteroatoms. The lowest BCUT2D eigenvalue weighted by Gasteiger charge is -2.36. The van der Waals surface area contributed by atoms with E-state index in [4.69, 9.17) is 9.47 Å². The number of aromatic nitrogens is 3. The Labute approximate surface area is 176 Å². The number of benzene rings is 1. The van der Waals surface area contributed by atoms with E-state index in [1.54, 1.807) is 11.8 Å². The first-order chi connectivity index (χ1) is 14.5. The van der Waals surface area contributed by atoms with Crippen molar-refractivity contribution in [3.8, 4) is 17.0 Å². The minimum absolute atomic E-state index is 0.00185. The van der Waals surface area contributed by atoms with Crippen LogP contribution in [0.5, 0.6) is 5.75 Å². The first-order valence-corrected chi connectivity index (χ1v) is 10.4. The lowest BCUT2D eigenvalue weighted by atomic mass is 9.97. The van der Waals surface area contributed by atoms with E-state index < -0.39 is 6.10 Å². The Hall–Kier alpha value is -2.65. The molecule has 0 spiro atoms. The Morgan fingerprint density at radius 2 is 2.10 bits per heavy atom. The molecule has 0 aliphatic carbocycles. The van der Waals surface area contributed by atoms with Crippen LogP contribution >= 0.6 is 0 Å². The number of nitrogens with one attached hydrogen (secondary N) is 2. The summed E-state index contributed by atoms with van der Waals surface area (Å²) in [6, 6.07) is 7.32. The van der Waals surface area contributed by atoms with E-state index in [2.05, 4.69) is 20.9 Å². The molecule has 1 aliphatic rings. The predicted molar refractivity (Wildman–Crippen MR) is 112 cm³/mol. The molecule has 2 aromatic rings. The van der Waals surface area contributed by atoms with Gasteiger partial charge in [-0.15, -0.1) is 5.10 Å². The lowest BCUT2D eigenvalue weighted by molar-refractivity contribution is -0.0908. The molecule has 0 bridgehead atoms. The molecule has 9 nitrogen and oxygen atoms in total. The number of hydrogen-bond acceptors (Lipinski definition) is 6. The zero-order valence-electron chi connectivity index (χ0n) is 17.7. The van der Waals surface area contributed by atoms with Gasteiger partial charge >= 0.3 is 6.03 Å². The summed E-state index contributed by atoms with van der Waals surface area (Å²) in [5.74, 6) is 0.800. The van der Waals surface area contributed by atoms with E-state index in [9.17, 15) is 9.90 Å². The maximum atomic E-state index is 11.9. The van der Waals surface area contributed by atoms with Gasteiger partial charge in [-0.2, -0.15) is 0 Å². The highest BCUT2D eigenvalue weighted by atomic mass is 16.5. The van der Waals surface area contributed by atoms with Gasteiger partial charge in [-0.25, -0.2) is 4.79 Å². The highest BCUT2D eigenvalue weighted by Crippen LogP contribution is 2.23. The highest BCUT2D eigenvalue weighted by Gasteiger charge is 2.31. The molecule has 1 aromatic carbocycles. The SMILES string of the molecule is COc1ccc(-c2cn(CC[C@H]3CC[C@H](NC(=O)NC(C)C)[C@H](CO)O3)nn2)cc1. The van der Waals surface area contributed by atoms with E-state index >= 15 is 0 Å². The van der Waals surface area contributed by atoms with Crippen LogP contribution in [-0.4, -0.2) is 64.1 Å². The molecule has 1 aromatic heterocycles. The van der Waals surface area contributed by atoms with E-state index in [0.717, 1.165) is 36.3 Å². The summed E-state index contributed by atoms with van der Waals surface area (Å²) >= 11 is 0. The van der Waals surface area contributed by atoms with Crippen molar-refractivity contribution in [2.24, 2.45) is 0 Å². The molecule has 1 saturated heterocycles. The van der Waals surface area contributed by atoms with Gasteiger partial charge in [0.1, 0.15) is 17.5 Å². The topological polar surface area (TPSA) is 111 Å². The van der Waals surface area contributed by atoms with Gasteiger partial charge in [0, 0.05) is 18.2 Å². The van der Waals surface area contributed by atoms with Gasteiger partial charge in [0.2, 0.25) is 0 Å². The van der Waals surface area contributed by atoms with Crippen LogP contribution in [-0.2, 0) is 11.3 Å². The molecule has 2 heterocycles. The monoisotopic (exact) mass is 417 g/mol. The average molecular weight is 418 g/mol. The summed E-state index contributed by atoms with van der Waals surface area (Å²) in [4.78, 5) is 11.9. The van der Waals surface area contributed by atoms with Gasteiger partial charge < -0.3 is 25.2 Å². The molecule has 30 heavy (non-hydrogen) atoms. The van der Waals surface area contributed by atoms with Crippen molar-refractivity contribution in [1.82, 2.24) is 25.6 Å². The summed E-state index contributed by atoms with van der Waals surface area (Å²) in [6.07, 6.45) is 3.83. The number of methoxy groups -OCH3 is 1. The fraction of sp³-hybridized carbons (Fsp3) is 0.571.